The molecular weight excluding hydrogens is 721 g/mol. The van der Waals surface area contributed by atoms with E-state index in [2.05, 4.69) is 61.5 Å². The molecule has 0 heterocycles. The van der Waals surface area contributed by atoms with Crippen LogP contribution in [0, 0.1) is 13.8 Å². The van der Waals surface area contributed by atoms with Crippen LogP contribution in [0.25, 0.3) is 24.3 Å². The Kier molecular flexibility index (Phi) is 16.2. The molecule has 0 saturated heterocycles. The van der Waals surface area contributed by atoms with Crippen LogP contribution in [-0.2, 0) is 35.6 Å². The summed E-state index contributed by atoms with van der Waals surface area (Å²) in [6, 6.07) is 48.0. The van der Waals surface area contributed by atoms with Crippen molar-refractivity contribution in [1.29, 1.82) is 0 Å². The van der Waals surface area contributed by atoms with Gasteiger partial charge in [-0.3, -0.25) is 0 Å². The van der Waals surface area contributed by atoms with Gasteiger partial charge in [-0.2, -0.15) is 0 Å². The van der Waals surface area contributed by atoms with E-state index in [1.165, 1.54) is 6.08 Å². The highest BCUT2D eigenvalue weighted by Crippen LogP contribution is 2.27. The summed E-state index contributed by atoms with van der Waals surface area (Å²) in [5, 5.41) is 17.7. The van der Waals surface area contributed by atoms with Gasteiger partial charge in [-0.15, -0.1) is 0 Å². The fraction of sp³-hybridized carbons (Fsp3) is 0.115. The van der Waals surface area contributed by atoms with E-state index in [0.29, 0.717) is 19.6 Å². The lowest BCUT2D eigenvalue weighted by molar-refractivity contribution is -0.132. The summed E-state index contributed by atoms with van der Waals surface area (Å²) < 4.78 is 12.3. The van der Waals surface area contributed by atoms with Gasteiger partial charge in [-0.25, -0.2) is 9.59 Å². The Labute approximate surface area is 341 Å². The van der Waals surface area contributed by atoms with Gasteiger partial charge < -0.3 is 19.7 Å². The van der Waals surface area contributed by atoms with E-state index < -0.39 is 11.9 Å². The van der Waals surface area contributed by atoms with Gasteiger partial charge in [0.25, 0.3) is 0 Å². The number of aryl methyl sites for hydroxylation is 2. The van der Waals surface area contributed by atoms with Gasteiger partial charge in [-0.05, 0) is 88.9 Å². The summed E-state index contributed by atoms with van der Waals surface area (Å²) in [6.07, 6.45) is 15.2. The van der Waals surface area contributed by atoms with E-state index in [0.717, 1.165) is 79.6 Å². The molecule has 0 fully saturated rings. The molecule has 0 unspecified atom stereocenters. The second-order valence-corrected chi connectivity index (χ2v) is 13.5. The molecule has 0 aliphatic carbocycles. The third-order valence-corrected chi connectivity index (χ3v) is 9.12. The minimum Gasteiger partial charge on any atom is -0.488 e. The van der Waals surface area contributed by atoms with Crippen molar-refractivity contribution < 1.29 is 29.3 Å². The lowest BCUT2D eigenvalue weighted by Gasteiger charge is -2.13. The van der Waals surface area contributed by atoms with Crippen molar-refractivity contribution in [1.82, 2.24) is 0 Å². The first-order valence-corrected chi connectivity index (χ1v) is 19.1. The van der Waals surface area contributed by atoms with Crippen LogP contribution >= 0.6 is 0 Å². The normalized spacial score (nSPS) is 11.2. The van der Waals surface area contributed by atoms with E-state index in [1.807, 2.05) is 122 Å². The number of aliphatic carboxylic acids is 2. The van der Waals surface area contributed by atoms with Crippen LogP contribution in [0.2, 0.25) is 0 Å². The number of carboxylic acid groups (broad SMARTS) is 2. The van der Waals surface area contributed by atoms with Crippen molar-refractivity contribution in [2.45, 2.75) is 39.9 Å². The molecule has 0 spiro atoms. The maximum atomic E-state index is 10.8. The highest BCUT2D eigenvalue weighted by molar-refractivity contribution is 5.86. The molecule has 2 N–H and O–H groups in total. The Morgan fingerprint density at radius 1 is 0.448 bits per heavy atom. The Hall–Kier alpha value is -7.18. The fourth-order valence-electron chi connectivity index (χ4n) is 6.19. The SMILES string of the molecule is Cc1cccc(C=CCc2ccccc2C=CC(=O)O)c1OCc1ccccc1.Cc1cccc(CC=Cc2ccccc2C=CC(=O)O)c1OCc1ccccc1. The molecule has 0 radical (unpaired) electrons. The van der Waals surface area contributed by atoms with Crippen molar-refractivity contribution >= 4 is 36.2 Å². The molecule has 292 valence electrons. The quantitative estimate of drug-likeness (QED) is 0.0953. The molecule has 0 aliphatic heterocycles. The first-order valence-electron chi connectivity index (χ1n) is 19.1. The van der Waals surface area contributed by atoms with Gasteiger partial charge in [0.1, 0.15) is 24.7 Å². The predicted molar refractivity (Wildman–Crippen MR) is 236 cm³/mol. The van der Waals surface area contributed by atoms with Crippen molar-refractivity contribution in [3.8, 4) is 11.5 Å². The zero-order valence-electron chi connectivity index (χ0n) is 32.8. The largest absolute Gasteiger partial charge is 0.488 e. The zero-order chi connectivity index (χ0) is 41.0. The number of carbonyl (C=O) groups is 2. The van der Waals surface area contributed by atoms with Gasteiger partial charge in [0.05, 0.1) is 0 Å². The first kappa shape index (κ1) is 42.0. The molecule has 0 bridgehead atoms. The smallest absolute Gasteiger partial charge is 0.328 e. The topological polar surface area (TPSA) is 93.1 Å². The molecule has 0 atom stereocenters. The third kappa shape index (κ3) is 13.5. The number of hydrogen-bond acceptors (Lipinski definition) is 4. The predicted octanol–water partition coefficient (Wildman–Crippen LogP) is 11.9. The van der Waals surface area contributed by atoms with Gasteiger partial charge in [-0.1, -0.05) is 170 Å². The average molecular weight is 769 g/mol. The van der Waals surface area contributed by atoms with E-state index in [-0.39, 0.29) is 0 Å². The molecule has 58 heavy (non-hydrogen) atoms. The Morgan fingerprint density at radius 3 is 1.47 bits per heavy atom. The lowest BCUT2D eigenvalue weighted by Crippen LogP contribution is -2.00. The molecule has 6 heteroatoms. The summed E-state index contributed by atoms with van der Waals surface area (Å²) >= 11 is 0. The van der Waals surface area contributed by atoms with Crippen LogP contribution in [0.5, 0.6) is 11.5 Å². The number of carboxylic acids is 2. The van der Waals surface area contributed by atoms with Crippen LogP contribution in [0.15, 0.2) is 170 Å². The molecule has 0 amide bonds. The molecule has 6 rings (SSSR count). The number of ether oxygens (including phenoxy) is 2. The fourth-order valence-corrected chi connectivity index (χ4v) is 6.19. The number of rotatable bonds is 16. The number of para-hydroxylation sites is 2. The van der Waals surface area contributed by atoms with Crippen molar-refractivity contribution in [3.63, 3.8) is 0 Å². The highest BCUT2D eigenvalue weighted by atomic mass is 16.5. The van der Waals surface area contributed by atoms with Crippen LogP contribution < -0.4 is 9.47 Å². The summed E-state index contributed by atoms with van der Waals surface area (Å²) in [4.78, 5) is 21.6. The maximum Gasteiger partial charge on any atom is 0.328 e. The standard InChI is InChI=1S/2C26H24O3/c2*1-20-9-7-15-24(26(20)29-19-21-10-3-2-4-11-21)16-8-14-22-12-5-6-13-23(22)17-18-25(27)28/h2-13,15-18H,14,19H2,1H3,(H,27,28);2-15,17-18H,16,19H2,1H3,(H,27,28). The van der Waals surface area contributed by atoms with Crippen LogP contribution in [0.3, 0.4) is 0 Å². The average Bonchev–Trinajstić information content (AvgIpc) is 3.23. The van der Waals surface area contributed by atoms with Crippen LogP contribution in [0.1, 0.15) is 55.6 Å². The Morgan fingerprint density at radius 2 is 0.862 bits per heavy atom. The van der Waals surface area contributed by atoms with Gasteiger partial charge >= 0.3 is 11.9 Å². The number of hydrogen-bond donors (Lipinski definition) is 2. The molecule has 0 aliphatic rings. The van der Waals surface area contributed by atoms with Crippen molar-refractivity contribution in [2.75, 3.05) is 0 Å². The monoisotopic (exact) mass is 768 g/mol. The second-order valence-electron chi connectivity index (χ2n) is 13.5. The van der Waals surface area contributed by atoms with Crippen LogP contribution in [0.4, 0.5) is 0 Å². The molecule has 6 aromatic carbocycles. The van der Waals surface area contributed by atoms with Gasteiger partial charge in [0.15, 0.2) is 0 Å². The van der Waals surface area contributed by atoms with E-state index in [1.54, 1.807) is 12.2 Å². The lowest BCUT2D eigenvalue weighted by atomic mass is 10.0. The summed E-state index contributed by atoms with van der Waals surface area (Å²) in [7, 11) is 0. The number of benzene rings is 6. The highest BCUT2D eigenvalue weighted by Gasteiger charge is 2.08. The van der Waals surface area contributed by atoms with Crippen molar-refractivity contribution in [3.05, 3.63) is 226 Å². The third-order valence-electron chi connectivity index (χ3n) is 9.12. The molecule has 0 saturated carbocycles. The van der Waals surface area contributed by atoms with E-state index in [4.69, 9.17) is 19.7 Å². The number of allylic oxidation sites excluding steroid dienone is 2. The van der Waals surface area contributed by atoms with E-state index >= 15 is 0 Å². The minimum atomic E-state index is -0.955. The molecular formula is C52H48O6. The summed E-state index contributed by atoms with van der Waals surface area (Å²) in [5.41, 5.74) is 10.4. The zero-order valence-corrected chi connectivity index (χ0v) is 32.8. The summed E-state index contributed by atoms with van der Waals surface area (Å²) in [6.45, 7) is 5.16. The Bertz CT molecular complexity index is 2370. The summed E-state index contributed by atoms with van der Waals surface area (Å²) in [5.74, 6) is -0.106. The van der Waals surface area contributed by atoms with Gasteiger partial charge in [0, 0.05) is 17.7 Å². The molecule has 6 nitrogen and oxygen atoms in total. The molecule has 0 aromatic heterocycles. The van der Waals surface area contributed by atoms with Crippen molar-refractivity contribution in [2.24, 2.45) is 0 Å². The van der Waals surface area contributed by atoms with Gasteiger partial charge in [0.2, 0.25) is 0 Å². The van der Waals surface area contributed by atoms with E-state index in [9.17, 15) is 9.59 Å². The minimum absolute atomic E-state index is 0.523. The Balaban J connectivity index is 0.000000221. The maximum absolute atomic E-state index is 10.8. The second kappa shape index (κ2) is 22.4. The van der Waals surface area contributed by atoms with Crippen LogP contribution in [-0.4, -0.2) is 22.2 Å². The first-order chi connectivity index (χ1) is 28.3. The molecule has 6 aromatic rings.